The number of benzene rings is 2. The van der Waals surface area contributed by atoms with Crippen LogP contribution in [-0.2, 0) is 11.2 Å². The lowest BCUT2D eigenvalue weighted by atomic mass is 10.0. The van der Waals surface area contributed by atoms with E-state index in [9.17, 15) is 0 Å². The van der Waals surface area contributed by atoms with E-state index in [1.807, 2.05) is 60.7 Å². The van der Waals surface area contributed by atoms with Gasteiger partial charge in [0.1, 0.15) is 6.10 Å². The van der Waals surface area contributed by atoms with Gasteiger partial charge < -0.3 is 4.74 Å². The molecular weight excluding hydrogens is 210 g/mol. The van der Waals surface area contributed by atoms with E-state index < -0.39 is 0 Å². The molecule has 2 aromatic carbocycles. The molecule has 0 radical (unpaired) electrons. The summed E-state index contributed by atoms with van der Waals surface area (Å²) in [5.41, 5.74) is 2.19. The summed E-state index contributed by atoms with van der Waals surface area (Å²) in [5.74, 6) is 0. The second kappa shape index (κ2) is 5.72. The highest BCUT2D eigenvalue weighted by atomic mass is 16.5. The highest BCUT2D eigenvalue weighted by Crippen LogP contribution is 2.21. The number of nitriles is 1. The molecule has 0 amide bonds. The zero-order chi connectivity index (χ0) is 11.9. The Morgan fingerprint density at radius 3 is 2.12 bits per heavy atom. The molecule has 2 aromatic rings. The predicted octanol–water partition coefficient (Wildman–Crippen LogP) is 3.47. The van der Waals surface area contributed by atoms with Crippen molar-refractivity contribution >= 4 is 0 Å². The largest absolute Gasteiger partial charge is 0.419 e. The lowest BCUT2D eigenvalue weighted by Crippen LogP contribution is -2.04. The maximum absolute atomic E-state index is 8.70. The quantitative estimate of drug-likeness (QED) is 0.743. The summed E-state index contributed by atoms with van der Waals surface area (Å²) in [4.78, 5) is 0. The average Bonchev–Trinajstić information content (AvgIpc) is 2.40. The number of ether oxygens (including phenoxy) is 1. The van der Waals surface area contributed by atoms with Gasteiger partial charge in [-0.15, -0.1) is 0 Å². The molecule has 0 aliphatic heterocycles. The Kier molecular flexibility index (Phi) is 3.77. The Bertz CT molecular complexity index is 487. The fourth-order valence-corrected chi connectivity index (χ4v) is 1.79. The van der Waals surface area contributed by atoms with Crippen molar-refractivity contribution in [3.8, 4) is 6.26 Å². The van der Waals surface area contributed by atoms with E-state index in [0.29, 0.717) is 6.42 Å². The molecule has 1 unspecified atom stereocenters. The minimum Gasteiger partial charge on any atom is -0.419 e. The zero-order valence-electron chi connectivity index (χ0n) is 9.41. The first kappa shape index (κ1) is 11.2. The molecule has 0 aliphatic carbocycles. The van der Waals surface area contributed by atoms with Crippen molar-refractivity contribution in [1.29, 1.82) is 5.26 Å². The molecule has 0 N–H and O–H groups in total. The van der Waals surface area contributed by atoms with Crippen LogP contribution in [0.4, 0.5) is 0 Å². The summed E-state index contributed by atoms with van der Waals surface area (Å²) in [5, 5.41) is 8.70. The summed E-state index contributed by atoms with van der Waals surface area (Å²) in [6, 6.07) is 19.8. The van der Waals surface area contributed by atoms with Crippen LogP contribution in [-0.4, -0.2) is 0 Å². The second-order valence-corrected chi connectivity index (χ2v) is 3.80. The fraction of sp³-hybridized carbons (Fsp3) is 0.133. The zero-order valence-corrected chi connectivity index (χ0v) is 9.41. The Labute approximate surface area is 101 Å². The standard InChI is InChI=1S/C15H13NO/c16-12-17-15(14-9-5-2-6-10-14)11-13-7-3-1-4-8-13/h1-10,15H,11H2. The molecule has 0 saturated carbocycles. The van der Waals surface area contributed by atoms with Crippen molar-refractivity contribution in [2.24, 2.45) is 0 Å². The molecule has 84 valence electrons. The van der Waals surface area contributed by atoms with Gasteiger partial charge in [0.05, 0.1) is 0 Å². The molecule has 2 heteroatoms. The van der Waals surface area contributed by atoms with Gasteiger partial charge >= 0.3 is 0 Å². The summed E-state index contributed by atoms with van der Waals surface area (Å²) < 4.78 is 5.14. The Hall–Kier alpha value is -2.27. The fourth-order valence-electron chi connectivity index (χ4n) is 1.79. The van der Waals surface area contributed by atoms with Crippen LogP contribution in [0.15, 0.2) is 60.7 Å². The van der Waals surface area contributed by atoms with Crippen LogP contribution in [0.3, 0.4) is 0 Å². The van der Waals surface area contributed by atoms with Crippen LogP contribution >= 0.6 is 0 Å². The average molecular weight is 223 g/mol. The van der Waals surface area contributed by atoms with Gasteiger partial charge in [0.15, 0.2) is 0 Å². The smallest absolute Gasteiger partial charge is 0.286 e. The van der Waals surface area contributed by atoms with Gasteiger partial charge in [0.2, 0.25) is 0 Å². The third-order valence-electron chi connectivity index (χ3n) is 2.63. The number of hydrogen-bond donors (Lipinski definition) is 0. The summed E-state index contributed by atoms with van der Waals surface area (Å²) >= 11 is 0. The van der Waals surface area contributed by atoms with E-state index >= 15 is 0 Å². The molecule has 0 aromatic heterocycles. The molecule has 2 rings (SSSR count). The van der Waals surface area contributed by atoms with Crippen LogP contribution < -0.4 is 0 Å². The molecule has 2 nitrogen and oxygen atoms in total. The monoisotopic (exact) mass is 223 g/mol. The predicted molar refractivity (Wildman–Crippen MR) is 66.0 cm³/mol. The van der Waals surface area contributed by atoms with Gasteiger partial charge in [-0.25, -0.2) is 0 Å². The van der Waals surface area contributed by atoms with Crippen LogP contribution in [0.2, 0.25) is 0 Å². The van der Waals surface area contributed by atoms with Crippen molar-refractivity contribution in [2.45, 2.75) is 12.5 Å². The van der Waals surface area contributed by atoms with Gasteiger partial charge in [-0.05, 0) is 11.1 Å². The normalized spacial score (nSPS) is 11.5. The molecule has 0 bridgehead atoms. The highest BCUT2D eigenvalue weighted by Gasteiger charge is 2.12. The van der Waals surface area contributed by atoms with Crippen molar-refractivity contribution in [2.75, 3.05) is 0 Å². The third-order valence-corrected chi connectivity index (χ3v) is 2.63. The van der Waals surface area contributed by atoms with E-state index in [2.05, 4.69) is 0 Å². The lowest BCUT2D eigenvalue weighted by molar-refractivity contribution is 0.164. The molecule has 17 heavy (non-hydrogen) atoms. The van der Waals surface area contributed by atoms with Gasteiger partial charge in [0, 0.05) is 6.42 Å². The van der Waals surface area contributed by atoms with Crippen LogP contribution in [0, 0.1) is 11.5 Å². The van der Waals surface area contributed by atoms with E-state index in [4.69, 9.17) is 10.00 Å². The van der Waals surface area contributed by atoms with Crippen molar-refractivity contribution in [3.05, 3.63) is 71.8 Å². The van der Waals surface area contributed by atoms with Gasteiger partial charge in [-0.2, -0.15) is 5.26 Å². The van der Waals surface area contributed by atoms with E-state index in [-0.39, 0.29) is 6.10 Å². The van der Waals surface area contributed by atoms with Gasteiger partial charge in [-0.1, -0.05) is 60.7 Å². The number of hydrogen-bond acceptors (Lipinski definition) is 2. The Morgan fingerprint density at radius 2 is 1.53 bits per heavy atom. The second-order valence-electron chi connectivity index (χ2n) is 3.80. The SMILES string of the molecule is N#COC(Cc1ccccc1)c1ccccc1. The Balaban J connectivity index is 2.17. The van der Waals surface area contributed by atoms with Gasteiger partial charge in [0.25, 0.3) is 6.26 Å². The van der Waals surface area contributed by atoms with E-state index in [1.165, 1.54) is 0 Å². The molecular formula is C15H13NO. The minimum atomic E-state index is -0.205. The first-order chi connectivity index (χ1) is 8.40. The first-order valence-corrected chi connectivity index (χ1v) is 5.54. The Morgan fingerprint density at radius 1 is 0.941 bits per heavy atom. The summed E-state index contributed by atoms with van der Waals surface area (Å²) in [6.07, 6.45) is 2.29. The number of rotatable bonds is 4. The van der Waals surface area contributed by atoms with Crippen LogP contribution in [0.5, 0.6) is 0 Å². The molecule has 0 heterocycles. The van der Waals surface area contributed by atoms with Crippen LogP contribution in [0.1, 0.15) is 17.2 Å². The van der Waals surface area contributed by atoms with Crippen molar-refractivity contribution in [1.82, 2.24) is 0 Å². The lowest BCUT2D eigenvalue weighted by Gasteiger charge is -2.14. The molecule has 0 saturated heterocycles. The highest BCUT2D eigenvalue weighted by molar-refractivity contribution is 5.22. The maximum atomic E-state index is 8.70. The third kappa shape index (κ3) is 3.09. The summed E-state index contributed by atoms with van der Waals surface area (Å²) in [6.45, 7) is 0. The molecule has 0 fully saturated rings. The molecule has 0 aliphatic rings. The van der Waals surface area contributed by atoms with Crippen molar-refractivity contribution < 1.29 is 4.74 Å². The van der Waals surface area contributed by atoms with E-state index in [0.717, 1.165) is 11.1 Å². The molecule has 0 spiro atoms. The topological polar surface area (TPSA) is 33.0 Å². The van der Waals surface area contributed by atoms with Crippen LogP contribution in [0.25, 0.3) is 0 Å². The molecule has 1 atom stereocenters. The number of nitrogens with zero attached hydrogens (tertiary/aromatic N) is 1. The van der Waals surface area contributed by atoms with E-state index in [1.54, 1.807) is 6.26 Å². The summed E-state index contributed by atoms with van der Waals surface area (Å²) in [7, 11) is 0. The van der Waals surface area contributed by atoms with Gasteiger partial charge in [-0.3, -0.25) is 0 Å². The maximum Gasteiger partial charge on any atom is 0.286 e. The van der Waals surface area contributed by atoms with Crippen molar-refractivity contribution in [3.63, 3.8) is 0 Å². The minimum absolute atomic E-state index is 0.205. The first-order valence-electron chi connectivity index (χ1n) is 5.54.